The molecule has 0 radical (unpaired) electrons. The number of aliphatic hydroxyl groups is 1. The number of halogens is 2. The van der Waals surface area contributed by atoms with E-state index in [1.807, 2.05) is 20.8 Å². The zero-order valence-electron chi connectivity index (χ0n) is 23.1. The number of imidazole rings is 1. The number of rotatable bonds is 9. The molecule has 1 aliphatic heterocycles. The maximum absolute atomic E-state index is 13.9. The Hall–Kier alpha value is -2.55. The maximum atomic E-state index is 13.9. The predicted molar refractivity (Wildman–Crippen MR) is 141 cm³/mol. The second-order valence-corrected chi connectivity index (χ2v) is 12.7. The summed E-state index contributed by atoms with van der Waals surface area (Å²) in [5, 5.41) is 10.2. The fourth-order valence-corrected chi connectivity index (χ4v) is 6.45. The van der Waals surface area contributed by atoms with Crippen molar-refractivity contribution in [2.45, 2.75) is 78.9 Å². The number of ketones is 1. The van der Waals surface area contributed by atoms with E-state index in [1.165, 1.54) is 4.57 Å². The standard InChI is InChI=1S/C29H41F2N3O4/c1-18(2)10-20-11-21(20)29(12-19(16-35)14-33(17-29)27(37)38-28(3,4)5)13-24(36)26-32-22-8-6-7-9-23(22)34(26)15-25(30)31/h6-9,18-21,25,35H,10-17H2,1-5H3/t19-,20?,21?,29-/m1/s1. The Balaban J connectivity index is 1.70. The number of Topliss-reactive ketones (excluding diaryl/α,β-unsaturated/α-hetero) is 1. The molecule has 1 aliphatic carbocycles. The molecule has 1 saturated heterocycles. The van der Waals surface area contributed by atoms with Crippen molar-refractivity contribution in [3.63, 3.8) is 0 Å². The van der Waals surface area contributed by atoms with Gasteiger partial charge in [-0.05, 0) is 75.3 Å². The van der Waals surface area contributed by atoms with E-state index >= 15 is 0 Å². The van der Waals surface area contributed by atoms with Crippen LogP contribution in [0.1, 0.15) is 70.9 Å². The molecule has 1 amide bonds. The van der Waals surface area contributed by atoms with E-state index in [1.54, 1.807) is 29.2 Å². The molecule has 7 nitrogen and oxygen atoms in total. The molecule has 9 heteroatoms. The first-order valence-corrected chi connectivity index (χ1v) is 13.7. The molecule has 1 N–H and O–H groups in total. The summed E-state index contributed by atoms with van der Waals surface area (Å²) in [5.74, 6) is 0.625. The van der Waals surface area contributed by atoms with E-state index in [4.69, 9.17) is 4.74 Å². The van der Waals surface area contributed by atoms with Crippen molar-refractivity contribution in [1.29, 1.82) is 0 Å². The lowest BCUT2D eigenvalue weighted by molar-refractivity contribution is -0.0245. The van der Waals surface area contributed by atoms with Gasteiger partial charge in [-0.2, -0.15) is 0 Å². The largest absolute Gasteiger partial charge is 0.444 e. The minimum atomic E-state index is -2.64. The first kappa shape index (κ1) is 28.5. The first-order chi connectivity index (χ1) is 17.8. The Kier molecular flexibility index (Phi) is 8.17. The fourth-order valence-electron chi connectivity index (χ4n) is 6.45. The predicted octanol–water partition coefficient (Wildman–Crippen LogP) is 5.79. The van der Waals surface area contributed by atoms with Gasteiger partial charge < -0.3 is 19.3 Å². The van der Waals surface area contributed by atoms with Crippen molar-refractivity contribution in [2.24, 2.45) is 29.1 Å². The molecule has 2 aromatic rings. The SMILES string of the molecule is CC(C)CC1CC1[C@@]1(CC(=O)c2nc3ccccc3n2CC(F)F)C[C@@H](CO)CN(C(=O)OC(C)(C)C)C1. The van der Waals surface area contributed by atoms with Gasteiger partial charge >= 0.3 is 6.09 Å². The monoisotopic (exact) mass is 533 g/mol. The molecule has 38 heavy (non-hydrogen) atoms. The summed E-state index contributed by atoms with van der Waals surface area (Å²) in [4.78, 5) is 33.2. The van der Waals surface area contributed by atoms with Gasteiger partial charge in [0.2, 0.25) is 0 Å². The molecule has 1 aromatic carbocycles. The van der Waals surface area contributed by atoms with E-state index in [9.17, 15) is 23.5 Å². The lowest BCUT2D eigenvalue weighted by Crippen LogP contribution is -2.53. The Morgan fingerprint density at radius 2 is 1.95 bits per heavy atom. The Morgan fingerprint density at radius 3 is 2.58 bits per heavy atom. The summed E-state index contributed by atoms with van der Waals surface area (Å²) in [5.41, 5.74) is -0.266. The van der Waals surface area contributed by atoms with Gasteiger partial charge in [0.1, 0.15) is 5.60 Å². The lowest BCUT2D eigenvalue weighted by atomic mass is 9.68. The number of carbonyl (C=O) groups is 2. The molecular weight excluding hydrogens is 492 g/mol. The van der Waals surface area contributed by atoms with E-state index in [2.05, 4.69) is 18.8 Å². The molecule has 1 aromatic heterocycles. The molecule has 4 rings (SSSR count). The fraction of sp³-hybridized carbons (Fsp3) is 0.690. The summed E-state index contributed by atoms with van der Waals surface area (Å²) >= 11 is 0. The van der Waals surface area contributed by atoms with Crippen LogP contribution in [-0.4, -0.2) is 63.2 Å². The number of amides is 1. The number of aliphatic hydroxyl groups excluding tert-OH is 1. The normalized spacial score (nSPS) is 25.8. The quantitative estimate of drug-likeness (QED) is 0.413. The highest BCUT2D eigenvalue weighted by atomic mass is 19.3. The summed E-state index contributed by atoms with van der Waals surface area (Å²) in [6.07, 6.45) is -0.473. The molecule has 2 aliphatic rings. The van der Waals surface area contributed by atoms with Crippen LogP contribution in [0.4, 0.5) is 13.6 Å². The van der Waals surface area contributed by atoms with Crippen molar-refractivity contribution >= 4 is 22.9 Å². The van der Waals surface area contributed by atoms with Gasteiger partial charge in [0.15, 0.2) is 11.6 Å². The number of aromatic nitrogens is 2. The number of hydrogen-bond donors (Lipinski definition) is 1. The van der Waals surface area contributed by atoms with Crippen LogP contribution in [0.25, 0.3) is 11.0 Å². The second-order valence-electron chi connectivity index (χ2n) is 12.7. The van der Waals surface area contributed by atoms with Crippen LogP contribution >= 0.6 is 0 Å². The third kappa shape index (κ3) is 6.35. The summed E-state index contributed by atoms with van der Waals surface area (Å²) in [6.45, 7) is 9.73. The Labute approximate surface area is 223 Å². The van der Waals surface area contributed by atoms with E-state index in [0.29, 0.717) is 42.4 Å². The van der Waals surface area contributed by atoms with Crippen molar-refractivity contribution in [2.75, 3.05) is 19.7 Å². The summed E-state index contributed by atoms with van der Waals surface area (Å²) < 4.78 is 34.1. The topological polar surface area (TPSA) is 84.7 Å². The average Bonchev–Trinajstić information content (AvgIpc) is 3.50. The zero-order valence-corrected chi connectivity index (χ0v) is 23.1. The summed E-state index contributed by atoms with van der Waals surface area (Å²) in [7, 11) is 0. The number of carbonyl (C=O) groups excluding carboxylic acids is 2. The maximum Gasteiger partial charge on any atom is 0.410 e. The third-order valence-corrected chi connectivity index (χ3v) is 7.81. The van der Waals surface area contributed by atoms with Gasteiger partial charge in [0.05, 0.1) is 17.6 Å². The van der Waals surface area contributed by atoms with Gasteiger partial charge in [0, 0.05) is 32.0 Å². The number of likely N-dealkylation sites (tertiary alicyclic amines) is 1. The highest BCUT2D eigenvalue weighted by Crippen LogP contribution is 2.59. The van der Waals surface area contributed by atoms with Crippen LogP contribution < -0.4 is 0 Å². The number of hydrogen-bond acceptors (Lipinski definition) is 5. The van der Waals surface area contributed by atoms with Crippen molar-refractivity contribution in [3.8, 4) is 0 Å². The van der Waals surface area contributed by atoms with Crippen LogP contribution in [0.15, 0.2) is 24.3 Å². The lowest BCUT2D eigenvalue weighted by Gasteiger charge is -2.46. The van der Waals surface area contributed by atoms with Crippen molar-refractivity contribution in [1.82, 2.24) is 14.5 Å². The minimum Gasteiger partial charge on any atom is -0.444 e. The zero-order chi connectivity index (χ0) is 27.8. The van der Waals surface area contributed by atoms with Crippen molar-refractivity contribution in [3.05, 3.63) is 30.1 Å². The highest BCUT2D eigenvalue weighted by Gasteiger charge is 2.57. The number of alkyl halides is 2. The molecule has 2 unspecified atom stereocenters. The number of piperidine rings is 1. The smallest absolute Gasteiger partial charge is 0.410 e. The van der Waals surface area contributed by atoms with Crippen LogP contribution in [0.3, 0.4) is 0 Å². The van der Waals surface area contributed by atoms with Gasteiger partial charge in [-0.25, -0.2) is 18.6 Å². The molecule has 4 atom stereocenters. The molecular formula is C29H41F2N3O4. The molecule has 210 valence electrons. The number of benzene rings is 1. The Bertz CT molecular complexity index is 1160. The molecule has 2 fully saturated rings. The molecule has 2 heterocycles. The van der Waals surface area contributed by atoms with E-state index in [-0.39, 0.29) is 36.5 Å². The van der Waals surface area contributed by atoms with Crippen LogP contribution in [0.2, 0.25) is 0 Å². The van der Waals surface area contributed by atoms with Crippen molar-refractivity contribution < 1.29 is 28.2 Å². The van der Waals surface area contributed by atoms with Gasteiger partial charge in [-0.1, -0.05) is 26.0 Å². The third-order valence-electron chi connectivity index (χ3n) is 7.81. The average molecular weight is 534 g/mol. The summed E-state index contributed by atoms with van der Waals surface area (Å²) in [6, 6.07) is 6.93. The Morgan fingerprint density at radius 1 is 1.24 bits per heavy atom. The van der Waals surface area contributed by atoms with Crippen LogP contribution in [0.5, 0.6) is 0 Å². The number of fused-ring (bicyclic) bond motifs is 1. The minimum absolute atomic E-state index is 0.0295. The van der Waals surface area contributed by atoms with Gasteiger partial charge in [0.25, 0.3) is 6.43 Å². The number of nitrogens with zero attached hydrogens (tertiary/aromatic N) is 3. The van der Waals surface area contributed by atoms with E-state index < -0.39 is 30.1 Å². The van der Waals surface area contributed by atoms with Crippen LogP contribution in [-0.2, 0) is 11.3 Å². The van der Waals surface area contributed by atoms with E-state index in [0.717, 1.165) is 12.8 Å². The van der Waals surface area contributed by atoms with Gasteiger partial charge in [-0.15, -0.1) is 0 Å². The molecule has 0 bridgehead atoms. The van der Waals surface area contributed by atoms with Crippen LogP contribution in [0, 0.1) is 29.1 Å². The van der Waals surface area contributed by atoms with Gasteiger partial charge in [-0.3, -0.25) is 4.79 Å². The number of ether oxygens (including phenoxy) is 1. The molecule has 0 spiro atoms. The molecule has 1 saturated carbocycles. The highest BCUT2D eigenvalue weighted by molar-refractivity contribution is 5.97. The second kappa shape index (κ2) is 10.9. The number of para-hydroxylation sites is 2. The first-order valence-electron chi connectivity index (χ1n) is 13.7.